The van der Waals surface area contributed by atoms with Gasteiger partial charge < -0.3 is 10.4 Å². The summed E-state index contributed by atoms with van der Waals surface area (Å²) in [5, 5.41) is 12.2. The van der Waals surface area contributed by atoms with Gasteiger partial charge in [-0.1, -0.05) is 26.0 Å². The Morgan fingerprint density at radius 3 is 2.81 bits per heavy atom. The summed E-state index contributed by atoms with van der Waals surface area (Å²) in [6.45, 7) is 4.90. The van der Waals surface area contributed by atoms with Crippen molar-refractivity contribution >= 4 is 5.97 Å². The molecular weight excluding hydrogens is 202 g/mol. The second-order valence-electron chi connectivity index (χ2n) is 5.05. The molecule has 1 unspecified atom stereocenters. The molecule has 1 aliphatic carbocycles. The van der Waals surface area contributed by atoms with Gasteiger partial charge in [-0.25, -0.2) is 0 Å². The third kappa shape index (κ3) is 4.79. The Morgan fingerprint density at radius 1 is 1.56 bits per heavy atom. The van der Waals surface area contributed by atoms with Crippen LogP contribution in [0.2, 0.25) is 0 Å². The fourth-order valence-electron chi connectivity index (χ4n) is 2.09. The van der Waals surface area contributed by atoms with Gasteiger partial charge >= 0.3 is 5.97 Å². The molecular formula is C13H23NO2. The molecule has 1 rings (SSSR count). The Bertz CT molecular complexity index is 248. The summed E-state index contributed by atoms with van der Waals surface area (Å²) in [5.41, 5.74) is 0. The summed E-state index contributed by atoms with van der Waals surface area (Å²) >= 11 is 0. The van der Waals surface area contributed by atoms with Crippen molar-refractivity contribution in [3.05, 3.63) is 12.2 Å². The predicted molar refractivity (Wildman–Crippen MR) is 65.4 cm³/mol. The van der Waals surface area contributed by atoms with Crippen LogP contribution in [0.3, 0.4) is 0 Å². The summed E-state index contributed by atoms with van der Waals surface area (Å²) in [4.78, 5) is 11.0. The van der Waals surface area contributed by atoms with E-state index in [1.807, 2.05) is 0 Å². The van der Waals surface area contributed by atoms with E-state index in [1.54, 1.807) is 0 Å². The minimum absolute atomic E-state index is 0.393. The molecule has 16 heavy (non-hydrogen) atoms. The van der Waals surface area contributed by atoms with E-state index in [0.717, 1.165) is 6.54 Å². The Balaban J connectivity index is 2.34. The molecule has 0 fully saturated rings. The fraction of sp³-hybridized carbons (Fsp3) is 0.769. The SMILES string of the molecule is CC(C)C[C@H](NCC1C=CCCC1)C(=O)O. The molecule has 0 heterocycles. The molecule has 1 aliphatic rings. The number of rotatable bonds is 6. The highest BCUT2D eigenvalue weighted by Crippen LogP contribution is 2.16. The average molecular weight is 225 g/mol. The number of hydrogen-bond donors (Lipinski definition) is 2. The molecule has 0 saturated carbocycles. The Labute approximate surface area is 97.9 Å². The summed E-state index contributed by atoms with van der Waals surface area (Å²) in [6.07, 6.45) is 8.69. The summed E-state index contributed by atoms with van der Waals surface area (Å²) in [7, 11) is 0. The third-order valence-corrected chi connectivity index (χ3v) is 2.99. The topological polar surface area (TPSA) is 49.3 Å². The van der Waals surface area contributed by atoms with Gasteiger partial charge in [0.1, 0.15) is 6.04 Å². The third-order valence-electron chi connectivity index (χ3n) is 2.99. The molecule has 0 amide bonds. The minimum Gasteiger partial charge on any atom is -0.480 e. The second kappa shape index (κ2) is 6.69. The summed E-state index contributed by atoms with van der Waals surface area (Å²) in [5.74, 6) is 0.201. The number of allylic oxidation sites excluding steroid dienone is 1. The first kappa shape index (κ1) is 13.2. The van der Waals surface area contributed by atoms with E-state index in [1.165, 1.54) is 19.3 Å². The van der Waals surface area contributed by atoms with E-state index in [9.17, 15) is 4.79 Å². The van der Waals surface area contributed by atoms with E-state index >= 15 is 0 Å². The molecule has 0 aliphatic heterocycles. The molecule has 92 valence electrons. The first-order chi connectivity index (χ1) is 7.59. The molecule has 0 saturated heterocycles. The highest BCUT2D eigenvalue weighted by atomic mass is 16.4. The molecule has 0 aromatic carbocycles. The van der Waals surface area contributed by atoms with Crippen molar-refractivity contribution in [2.75, 3.05) is 6.54 Å². The van der Waals surface area contributed by atoms with Gasteiger partial charge in [-0.2, -0.15) is 0 Å². The standard InChI is InChI=1S/C13H23NO2/c1-10(2)8-12(13(15)16)14-9-11-6-4-3-5-7-11/h4,6,10-12,14H,3,5,7-9H2,1-2H3,(H,15,16)/t11?,12-/m0/s1. The van der Waals surface area contributed by atoms with E-state index in [4.69, 9.17) is 5.11 Å². The zero-order valence-corrected chi connectivity index (χ0v) is 10.3. The normalized spacial score (nSPS) is 22.3. The highest BCUT2D eigenvalue weighted by molar-refractivity contribution is 5.73. The fourth-order valence-corrected chi connectivity index (χ4v) is 2.09. The van der Waals surface area contributed by atoms with Crippen LogP contribution in [0, 0.1) is 11.8 Å². The smallest absolute Gasteiger partial charge is 0.320 e. The number of aliphatic carboxylic acids is 1. The summed E-state index contributed by atoms with van der Waals surface area (Å²) < 4.78 is 0. The van der Waals surface area contributed by atoms with E-state index in [-0.39, 0.29) is 0 Å². The first-order valence-corrected chi connectivity index (χ1v) is 6.22. The molecule has 3 nitrogen and oxygen atoms in total. The van der Waals surface area contributed by atoms with Crippen LogP contribution in [-0.2, 0) is 4.79 Å². The van der Waals surface area contributed by atoms with Crippen molar-refractivity contribution < 1.29 is 9.90 Å². The molecule has 0 aromatic rings. The van der Waals surface area contributed by atoms with Gasteiger partial charge in [0.2, 0.25) is 0 Å². The van der Waals surface area contributed by atoms with E-state index < -0.39 is 12.0 Å². The van der Waals surface area contributed by atoms with Crippen LogP contribution in [0.1, 0.15) is 39.5 Å². The Hall–Kier alpha value is -0.830. The van der Waals surface area contributed by atoms with Gasteiger partial charge in [-0.15, -0.1) is 0 Å². The van der Waals surface area contributed by atoms with Gasteiger partial charge in [0.25, 0.3) is 0 Å². The van der Waals surface area contributed by atoms with Crippen LogP contribution < -0.4 is 5.32 Å². The lowest BCUT2D eigenvalue weighted by molar-refractivity contribution is -0.139. The number of carbonyl (C=O) groups is 1. The maximum atomic E-state index is 11.0. The molecule has 2 atom stereocenters. The zero-order chi connectivity index (χ0) is 12.0. The lowest BCUT2D eigenvalue weighted by atomic mass is 9.95. The minimum atomic E-state index is -0.728. The predicted octanol–water partition coefficient (Wildman–Crippen LogP) is 2.43. The molecule has 0 bridgehead atoms. The van der Waals surface area contributed by atoms with Gasteiger partial charge in [-0.05, 0) is 37.5 Å². The molecule has 3 heteroatoms. The van der Waals surface area contributed by atoms with Crippen LogP contribution in [0.25, 0.3) is 0 Å². The van der Waals surface area contributed by atoms with Crippen molar-refractivity contribution in [2.24, 2.45) is 11.8 Å². The lowest BCUT2D eigenvalue weighted by Crippen LogP contribution is -2.40. The second-order valence-corrected chi connectivity index (χ2v) is 5.05. The van der Waals surface area contributed by atoms with Crippen LogP contribution in [-0.4, -0.2) is 23.7 Å². The van der Waals surface area contributed by atoms with Crippen molar-refractivity contribution in [3.63, 3.8) is 0 Å². The number of nitrogens with one attached hydrogen (secondary N) is 1. The van der Waals surface area contributed by atoms with Crippen LogP contribution in [0.15, 0.2) is 12.2 Å². The number of carboxylic acid groups (broad SMARTS) is 1. The molecule has 2 N–H and O–H groups in total. The van der Waals surface area contributed by atoms with Gasteiger partial charge in [0.05, 0.1) is 0 Å². The molecule has 0 spiro atoms. The highest BCUT2D eigenvalue weighted by Gasteiger charge is 2.19. The van der Waals surface area contributed by atoms with Crippen molar-refractivity contribution in [1.82, 2.24) is 5.32 Å². The van der Waals surface area contributed by atoms with Crippen LogP contribution in [0.5, 0.6) is 0 Å². The largest absolute Gasteiger partial charge is 0.480 e. The maximum Gasteiger partial charge on any atom is 0.320 e. The van der Waals surface area contributed by atoms with Crippen molar-refractivity contribution in [1.29, 1.82) is 0 Å². The Kier molecular flexibility index (Phi) is 5.53. The summed E-state index contributed by atoms with van der Waals surface area (Å²) in [6, 6.07) is -0.393. The van der Waals surface area contributed by atoms with Gasteiger partial charge in [0.15, 0.2) is 0 Å². The number of carboxylic acids is 1. The van der Waals surface area contributed by atoms with E-state index in [2.05, 4.69) is 31.3 Å². The van der Waals surface area contributed by atoms with Gasteiger partial charge in [-0.3, -0.25) is 4.79 Å². The molecule has 0 radical (unpaired) electrons. The maximum absolute atomic E-state index is 11.0. The monoisotopic (exact) mass is 225 g/mol. The lowest BCUT2D eigenvalue weighted by Gasteiger charge is -2.21. The average Bonchev–Trinajstić information content (AvgIpc) is 2.25. The van der Waals surface area contributed by atoms with Gasteiger partial charge in [0, 0.05) is 6.54 Å². The van der Waals surface area contributed by atoms with Crippen molar-refractivity contribution in [3.8, 4) is 0 Å². The van der Waals surface area contributed by atoms with Crippen LogP contribution >= 0.6 is 0 Å². The quantitative estimate of drug-likeness (QED) is 0.683. The molecule has 0 aromatic heterocycles. The number of hydrogen-bond acceptors (Lipinski definition) is 2. The first-order valence-electron chi connectivity index (χ1n) is 6.22. The zero-order valence-electron chi connectivity index (χ0n) is 10.3. The Morgan fingerprint density at radius 2 is 2.31 bits per heavy atom. The van der Waals surface area contributed by atoms with E-state index in [0.29, 0.717) is 18.3 Å². The van der Waals surface area contributed by atoms with Crippen LogP contribution in [0.4, 0.5) is 0 Å². The van der Waals surface area contributed by atoms with Crippen molar-refractivity contribution in [2.45, 2.75) is 45.6 Å².